The third kappa shape index (κ3) is 5.46. The van der Waals surface area contributed by atoms with Crippen molar-refractivity contribution in [1.82, 2.24) is 24.9 Å². The number of nitrogens with one attached hydrogen (secondary N) is 1. The predicted octanol–water partition coefficient (Wildman–Crippen LogP) is 4.48. The van der Waals surface area contributed by atoms with Crippen LogP contribution < -0.4 is 15.4 Å². The highest BCUT2D eigenvalue weighted by Crippen LogP contribution is 2.34. The summed E-state index contributed by atoms with van der Waals surface area (Å²) in [6.07, 6.45) is 1.55. The lowest BCUT2D eigenvalue weighted by atomic mass is 10.1. The Hall–Kier alpha value is -4.89. The van der Waals surface area contributed by atoms with E-state index in [0.29, 0.717) is 65.8 Å². The molecule has 0 aliphatic carbocycles. The van der Waals surface area contributed by atoms with Gasteiger partial charge in [0.1, 0.15) is 22.0 Å². The molecule has 0 saturated carbocycles. The van der Waals surface area contributed by atoms with Gasteiger partial charge in [-0.15, -0.1) is 0 Å². The van der Waals surface area contributed by atoms with E-state index in [1.807, 2.05) is 16.5 Å². The molecule has 44 heavy (non-hydrogen) atoms. The summed E-state index contributed by atoms with van der Waals surface area (Å²) in [6.45, 7) is 5.17. The molecule has 15 heteroatoms. The summed E-state index contributed by atoms with van der Waals surface area (Å²) in [5.41, 5.74) is 7.39. The van der Waals surface area contributed by atoms with E-state index in [0.717, 1.165) is 6.07 Å². The molecule has 2 aromatic carbocycles. The SMILES string of the molecule is Cc1nc(N)ncc1-c1nc(N2CCOCC2C)c2nc(-c3cccc(NS(=O)(=O)c4cc(F)ccc4F)c3F)ccc2n1. The largest absolute Gasteiger partial charge is 0.377 e. The summed E-state index contributed by atoms with van der Waals surface area (Å²) in [5, 5.41) is 0. The Morgan fingerprint density at radius 2 is 1.84 bits per heavy atom. The van der Waals surface area contributed by atoms with Crippen LogP contribution in [0.4, 0.5) is 30.6 Å². The van der Waals surface area contributed by atoms with Crippen molar-refractivity contribution < 1.29 is 26.3 Å². The molecule has 4 heterocycles. The van der Waals surface area contributed by atoms with Crippen molar-refractivity contribution in [2.75, 3.05) is 35.1 Å². The molecule has 1 saturated heterocycles. The Morgan fingerprint density at radius 1 is 1.02 bits per heavy atom. The molecule has 226 valence electrons. The number of nitrogens with zero attached hydrogens (tertiary/aromatic N) is 6. The first kappa shape index (κ1) is 29.2. The molecule has 0 amide bonds. The molecule has 11 nitrogen and oxygen atoms in total. The van der Waals surface area contributed by atoms with Crippen LogP contribution in [0.25, 0.3) is 33.7 Å². The maximum absolute atomic E-state index is 15.8. The van der Waals surface area contributed by atoms with Gasteiger partial charge < -0.3 is 15.4 Å². The molecule has 1 unspecified atom stereocenters. The van der Waals surface area contributed by atoms with Gasteiger partial charge in [0.2, 0.25) is 5.95 Å². The second kappa shape index (κ2) is 11.3. The Morgan fingerprint density at radius 3 is 2.61 bits per heavy atom. The third-order valence-corrected chi connectivity index (χ3v) is 8.48. The van der Waals surface area contributed by atoms with Crippen molar-refractivity contribution in [2.45, 2.75) is 24.8 Å². The molecule has 1 atom stereocenters. The zero-order chi connectivity index (χ0) is 31.2. The van der Waals surface area contributed by atoms with Gasteiger partial charge in [0.05, 0.1) is 47.4 Å². The van der Waals surface area contributed by atoms with Crippen molar-refractivity contribution in [1.29, 1.82) is 0 Å². The van der Waals surface area contributed by atoms with E-state index in [9.17, 15) is 17.2 Å². The topological polar surface area (TPSA) is 149 Å². The number of hydrogen-bond donors (Lipinski definition) is 2. The van der Waals surface area contributed by atoms with Crippen LogP contribution in [0.1, 0.15) is 12.6 Å². The van der Waals surface area contributed by atoms with Gasteiger partial charge in [-0.2, -0.15) is 0 Å². The van der Waals surface area contributed by atoms with E-state index in [2.05, 4.69) is 15.0 Å². The molecule has 0 bridgehead atoms. The van der Waals surface area contributed by atoms with Gasteiger partial charge in [0.15, 0.2) is 17.5 Å². The Balaban J connectivity index is 1.46. The lowest BCUT2D eigenvalue weighted by molar-refractivity contribution is 0.0987. The number of hydrogen-bond acceptors (Lipinski definition) is 10. The average Bonchev–Trinajstić information content (AvgIpc) is 2.99. The normalized spacial score (nSPS) is 15.5. The molecule has 1 aliphatic heterocycles. The van der Waals surface area contributed by atoms with Crippen LogP contribution in [0.15, 0.2) is 59.6 Å². The average molecular weight is 623 g/mol. The standard InChI is InChI=1S/C29H25F3N8O3S/c1-15-14-43-11-10-40(15)28-26-23(37-27(38-28)19-13-34-29(33)35-16(19)2)9-8-21(36-26)18-4-3-5-22(25(18)32)39-44(41,42)24-12-17(30)6-7-20(24)31/h3-9,12-13,15,39H,10-11,14H2,1-2H3,(H2,33,34,35). The smallest absolute Gasteiger partial charge is 0.265 e. The van der Waals surface area contributed by atoms with Crippen molar-refractivity contribution in [2.24, 2.45) is 0 Å². The first-order valence-electron chi connectivity index (χ1n) is 13.4. The fraction of sp³-hybridized carbons (Fsp3) is 0.207. The number of aryl methyl sites for hydroxylation is 1. The lowest BCUT2D eigenvalue weighted by Crippen LogP contribution is -2.44. The summed E-state index contributed by atoms with van der Waals surface area (Å²) in [7, 11) is -4.67. The number of ether oxygens (including phenoxy) is 1. The minimum Gasteiger partial charge on any atom is -0.377 e. The van der Waals surface area contributed by atoms with Gasteiger partial charge in [-0.3, -0.25) is 4.72 Å². The van der Waals surface area contributed by atoms with Gasteiger partial charge in [-0.1, -0.05) is 6.07 Å². The first-order valence-corrected chi connectivity index (χ1v) is 14.9. The van der Waals surface area contributed by atoms with E-state index in [4.69, 9.17) is 20.4 Å². The van der Waals surface area contributed by atoms with Gasteiger partial charge in [-0.25, -0.2) is 46.5 Å². The summed E-state index contributed by atoms with van der Waals surface area (Å²) >= 11 is 0. The molecule has 0 radical (unpaired) electrons. The highest BCUT2D eigenvalue weighted by molar-refractivity contribution is 7.92. The maximum atomic E-state index is 15.8. The first-order chi connectivity index (χ1) is 21.0. The molecule has 0 spiro atoms. The summed E-state index contributed by atoms with van der Waals surface area (Å²) in [4.78, 5) is 23.6. The minimum atomic E-state index is -4.67. The van der Waals surface area contributed by atoms with E-state index < -0.39 is 38.1 Å². The Labute approximate surface area is 250 Å². The number of anilines is 3. The predicted molar refractivity (Wildman–Crippen MR) is 158 cm³/mol. The molecular weight excluding hydrogens is 597 g/mol. The van der Waals surface area contributed by atoms with Crippen molar-refractivity contribution in [3.8, 4) is 22.6 Å². The second-order valence-electron chi connectivity index (χ2n) is 10.1. The Bertz CT molecular complexity index is 2030. The third-order valence-electron chi connectivity index (χ3n) is 7.10. The van der Waals surface area contributed by atoms with Crippen molar-refractivity contribution in [3.05, 3.63) is 77.9 Å². The number of pyridine rings is 1. The molecule has 1 aliphatic rings. The van der Waals surface area contributed by atoms with Crippen LogP contribution in [-0.4, -0.2) is 59.1 Å². The van der Waals surface area contributed by atoms with Crippen molar-refractivity contribution >= 4 is 38.5 Å². The van der Waals surface area contributed by atoms with Gasteiger partial charge in [-0.05, 0) is 56.3 Å². The molecule has 6 rings (SSSR count). The van der Waals surface area contributed by atoms with Crippen LogP contribution in [-0.2, 0) is 14.8 Å². The minimum absolute atomic E-state index is 0.0420. The van der Waals surface area contributed by atoms with Gasteiger partial charge in [0, 0.05) is 18.3 Å². The van der Waals surface area contributed by atoms with E-state index in [1.54, 1.807) is 25.3 Å². The quantitative estimate of drug-likeness (QED) is 0.278. The van der Waals surface area contributed by atoms with Crippen LogP contribution in [0.5, 0.6) is 0 Å². The number of nitrogen functional groups attached to an aromatic ring is 1. The summed E-state index contributed by atoms with van der Waals surface area (Å²) in [5.74, 6) is -2.16. The van der Waals surface area contributed by atoms with E-state index >= 15 is 4.39 Å². The number of nitrogens with two attached hydrogens (primary N) is 1. The highest BCUT2D eigenvalue weighted by atomic mass is 32.2. The summed E-state index contributed by atoms with van der Waals surface area (Å²) < 4.78 is 77.1. The molecule has 3 aromatic heterocycles. The van der Waals surface area contributed by atoms with Crippen LogP contribution in [0.2, 0.25) is 0 Å². The zero-order valence-electron chi connectivity index (χ0n) is 23.4. The number of fused-ring (bicyclic) bond motifs is 1. The number of benzene rings is 2. The lowest BCUT2D eigenvalue weighted by Gasteiger charge is -2.34. The second-order valence-corrected chi connectivity index (χ2v) is 11.8. The number of morpholine rings is 1. The van der Waals surface area contributed by atoms with E-state index in [1.165, 1.54) is 18.2 Å². The molecule has 1 fully saturated rings. The van der Waals surface area contributed by atoms with Gasteiger partial charge in [0.25, 0.3) is 10.0 Å². The summed E-state index contributed by atoms with van der Waals surface area (Å²) in [6, 6.07) is 9.12. The Kier molecular flexibility index (Phi) is 7.51. The molecule has 3 N–H and O–H groups in total. The number of halogens is 3. The molecular formula is C29H25F3N8O3S. The highest BCUT2D eigenvalue weighted by Gasteiger charge is 2.26. The van der Waals surface area contributed by atoms with Gasteiger partial charge >= 0.3 is 0 Å². The number of rotatable bonds is 6. The van der Waals surface area contributed by atoms with Crippen LogP contribution >= 0.6 is 0 Å². The number of aromatic nitrogens is 5. The maximum Gasteiger partial charge on any atom is 0.265 e. The fourth-order valence-electron chi connectivity index (χ4n) is 4.91. The zero-order valence-corrected chi connectivity index (χ0v) is 24.2. The number of sulfonamides is 1. The van der Waals surface area contributed by atoms with Crippen LogP contribution in [0, 0.1) is 24.4 Å². The van der Waals surface area contributed by atoms with E-state index in [-0.39, 0.29) is 23.2 Å². The van der Waals surface area contributed by atoms with Crippen LogP contribution in [0.3, 0.4) is 0 Å². The van der Waals surface area contributed by atoms with Crippen molar-refractivity contribution in [3.63, 3.8) is 0 Å². The fourth-order valence-corrected chi connectivity index (χ4v) is 6.06. The monoisotopic (exact) mass is 622 g/mol. The molecule has 5 aromatic rings.